The number of aldehydes is 2. The maximum absolute atomic E-state index is 12.2. The Bertz CT molecular complexity index is 1870. The fourth-order valence-electron chi connectivity index (χ4n) is 7.10. The van der Waals surface area contributed by atoms with Gasteiger partial charge in [-0.2, -0.15) is 0 Å². The zero-order chi connectivity index (χ0) is 32.0. The van der Waals surface area contributed by atoms with E-state index < -0.39 is 6.10 Å². The van der Waals surface area contributed by atoms with Crippen LogP contribution in [0, 0.1) is 20.8 Å². The number of rotatable bonds is 4. The molecular weight excluding hydrogens is 564 g/mol. The molecule has 0 saturated carbocycles. The molecule has 0 fully saturated rings. The minimum Gasteiger partial charge on any atom is -0.507 e. The van der Waals surface area contributed by atoms with Crippen molar-refractivity contribution in [2.75, 3.05) is 0 Å². The largest absolute Gasteiger partial charge is 0.507 e. The molecule has 0 heterocycles. The third-order valence-corrected chi connectivity index (χ3v) is 9.25. The van der Waals surface area contributed by atoms with Crippen LogP contribution in [0.25, 0.3) is 21.5 Å². The molecule has 0 spiro atoms. The van der Waals surface area contributed by atoms with Crippen molar-refractivity contribution >= 4 is 39.9 Å². The molecule has 44 heavy (non-hydrogen) atoms. The summed E-state index contributed by atoms with van der Waals surface area (Å²) in [5.41, 5.74) is 6.12. The summed E-state index contributed by atoms with van der Waals surface area (Å²) in [4.78, 5) is 34.7. The van der Waals surface area contributed by atoms with Gasteiger partial charge in [-0.25, -0.2) is 0 Å². The third-order valence-electron chi connectivity index (χ3n) is 9.25. The maximum atomic E-state index is 12.2. The number of hydrogen-bond acceptors (Lipinski definition) is 9. The summed E-state index contributed by atoms with van der Waals surface area (Å²) in [6.07, 6.45) is 4.22. The summed E-state index contributed by atoms with van der Waals surface area (Å²) in [6.45, 7) is 4.84. The molecule has 2 aliphatic rings. The number of ketones is 1. The molecule has 0 aromatic heterocycles. The van der Waals surface area contributed by atoms with E-state index in [1.165, 1.54) is 0 Å². The highest BCUT2D eigenvalue weighted by atomic mass is 16.3. The van der Waals surface area contributed by atoms with Crippen LogP contribution in [0.1, 0.15) is 107 Å². The number of hydrogen-bond donors (Lipinski definition) is 6. The van der Waals surface area contributed by atoms with Crippen LogP contribution in [0.4, 0.5) is 0 Å². The number of fused-ring (bicyclic) bond motifs is 4. The molecule has 230 valence electrons. The number of phenolic OH excluding ortho intramolecular Hbond substituents is 3. The van der Waals surface area contributed by atoms with Crippen LogP contribution in [-0.4, -0.2) is 49.0 Å². The third kappa shape index (κ3) is 4.72. The Labute approximate surface area is 254 Å². The second-order valence-electron chi connectivity index (χ2n) is 11.7. The van der Waals surface area contributed by atoms with Gasteiger partial charge in [0.1, 0.15) is 17.2 Å². The summed E-state index contributed by atoms with van der Waals surface area (Å²) in [6, 6.07) is 3.50. The predicted molar refractivity (Wildman–Crippen MR) is 165 cm³/mol. The Morgan fingerprint density at radius 1 is 0.750 bits per heavy atom. The topological polar surface area (TPSA) is 173 Å². The maximum Gasteiger partial charge on any atom is 0.166 e. The Morgan fingerprint density at radius 3 is 1.93 bits per heavy atom. The molecule has 4 aromatic carbocycles. The lowest BCUT2D eigenvalue weighted by molar-refractivity contribution is 0.0968. The predicted octanol–water partition coefficient (Wildman–Crippen LogP) is 5.22. The number of aryl methyl sites for hydroxylation is 3. The van der Waals surface area contributed by atoms with Crippen LogP contribution < -0.4 is 0 Å². The lowest BCUT2D eigenvalue weighted by Gasteiger charge is -2.27. The van der Waals surface area contributed by atoms with E-state index in [1.54, 1.807) is 19.9 Å². The summed E-state index contributed by atoms with van der Waals surface area (Å²) in [5, 5.41) is 63.2. The fourth-order valence-corrected chi connectivity index (χ4v) is 7.10. The molecule has 1 atom stereocenters. The first kappa shape index (κ1) is 31.1. The van der Waals surface area contributed by atoms with E-state index in [1.807, 2.05) is 13.0 Å². The lowest BCUT2D eigenvalue weighted by atomic mass is 9.81. The molecule has 0 saturated heterocycles. The first-order valence-electron chi connectivity index (χ1n) is 14.7. The number of phenols is 3. The zero-order valence-corrected chi connectivity index (χ0v) is 25.0. The molecular formula is C35H36O9. The van der Waals surface area contributed by atoms with Gasteiger partial charge in [0.2, 0.25) is 0 Å². The number of aliphatic hydroxyl groups is 3. The first-order valence-corrected chi connectivity index (χ1v) is 14.7. The van der Waals surface area contributed by atoms with Crippen molar-refractivity contribution in [3.63, 3.8) is 0 Å². The van der Waals surface area contributed by atoms with Gasteiger partial charge < -0.3 is 30.6 Å². The summed E-state index contributed by atoms with van der Waals surface area (Å²) in [7, 11) is 0. The lowest BCUT2D eigenvalue weighted by Crippen LogP contribution is -2.15. The summed E-state index contributed by atoms with van der Waals surface area (Å²) in [5.74, 6) is -0.650. The highest BCUT2D eigenvalue weighted by Gasteiger charge is 2.30. The van der Waals surface area contributed by atoms with E-state index in [9.17, 15) is 45.0 Å². The van der Waals surface area contributed by atoms with Crippen LogP contribution >= 0.6 is 0 Å². The standard InChI is InChI=1S/C18H18O4.C17H18O5/c1-9-6-12-14(8-20)11-4-3-5-15(21)17(11)18(22)16(12)10(2)13(9)7-19;1-8-5-10-12(7-19)9-3-2-4-13(20)14(9)17(22)15(10)16(21)11(8)6-18/h6-7,20,22H,3-5,8H2,1-2H3;5-6,13,19-22H,2-4,7H2,1H3. The number of carbonyl (C=O) groups is 3. The second-order valence-corrected chi connectivity index (χ2v) is 11.7. The van der Waals surface area contributed by atoms with E-state index in [0.717, 1.165) is 41.2 Å². The number of aliphatic hydroxyl groups excluding tert-OH is 3. The summed E-state index contributed by atoms with van der Waals surface area (Å²) >= 11 is 0. The molecule has 9 nitrogen and oxygen atoms in total. The Balaban J connectivity index is 0.000000175. The second kappa shape index (κ2) is 12.0. The monoisotopic (exact) mass is 600 g/mol. The normalized spacial score (nSPS) is 15.9. The van der Waals surface area contributed by atoms with Crippen LogP contribution in [0.2, 0.25) is 0 Å². The Morgan fingerprint density at radius 2 is 1.32 bits per heavy atom. The van der Waals surface area contributed by atoms with Crippen LogP contribution in [0.15, 0.2) is 12.1 Å². The van der Waals surface area contributed by atoms with Gasteiger partial charge >= 0.3 is 0 Å². The molecule has 6 rings (SSSR count). The molecule has 0 aliphatic heterocycles. The Kier molecular flexibility index (Phi) is 8.49. The molecule has 6 N–H and O–H groups in total. The van der Waals surface area contributed by atoms with Gasteiger partial charge in [-0.05, 0) is 109 Å². The average molecular weight is 601 g/mol. The van der Waals surface area contributed by atoms with Crippen LogP contribution in [-0.2, 0) is 26.1 Å². The highest BCUT2D eigenvalue weighted by Crippen LogP contribution is 2.48. The van der Waals surface area contributed by atoms with Crippen LogP contribution in [0.5, 0.6) is 17.2 Å². The quantitative estimate of drug-likeness (QED) is 0.172. The van der Waals surface area contributed by atoms with Crippen molar-refractivity contribution in [1.29, 1.82) is 0 Å². The molecule has 9 heteroatoms. The SMILES string of the molecule is Cc1cc2c(CO)c3c(c(O)c2c(C)c1C=O)C(=O)CCC3.Cc1cc2c(CO)c3c(c(O)c2c(O)c1C=O)C(O)CCC3. The molecule has 2 aliphatic carbocycles. The van der Waals surface area contributed by atoms with Gasteiger partial charge in [0.25, 0.3) is 0 Å². The highest BCUT2D eigenvalue weighted by molar-refractivity contribution is 6.10. The van der Waals surface area contributed by atoms with E-state index in [4.69, 9.17) is 0 Å². The molecule has 4 aromatic rings. The van der Waals surface area contributed by atoms with E-state index in [2.05, 4.69) is 0 Å². The molecule has 0 amide bonds. The van der Waals surface area contributed by atoms with Crippen molar-refractivity contribution in [2.45, 2.75) is 78.6 Å². The van der Waals surface area contributed by atoms with Crippen molar-refractivity contribution < 1.29 is 45.0 Å². The van der Waals surface area contributed by atoms with Crippen molar-refractivity contribution in [3.05, 3.63) is 73.3 Å². The zero-order valence-electron chi connectivity index (χ0n) is 25.0. The minimum absolute atomic E-state index is 0.0486. The van der Waals surface area contributed by atoms with Crippen molar-refractivity contribution in [2.24, 2.45) is 0 Å². The number of Topliss-reactive ketones (excluding diaryl/α,β-unsaturated/α-hetero) is 1. The van der Waals surface area contributed by atoms with Crippen molar-refractivity contribution in [3.8, 4) is 17.2 Å². The molecule has 0 bridgehead atoms. The number of aromatic hydroxyl groups is 3. The Hall–Kier alpha value is -4.31. The molecule has 0 radical (unpaired) electrons. The van der Waals surface area contributed by atoms with Crippen LogP contribution in [0.3, 0.4) is 0 Å². The van der Waals surface area contributed by atoms with Gasteiger partial charge in [0.05, 0.1) is 35.8 Å². The van der Waals surface area contributed by atoms with E-state index in [0.29, 0.717) is 81.7 Å². The molecule has 1 unspecified atom stereocenters. The minimum atomic E-state index is -0.834. The first-order chi connectivity index (χ1) is 21.0. The average Bonchev–Trinajstić information content (AvgIpc) is 2.98. The van der Waals surface area contributed by atoms with E-state index >= 15 is 0 Å². The van der Waals surface area contributed by atoms with Gasteiger partial charge in [-0.1, -0.05) is 6.07 Å². The van der Waals surface area contributed by atoms with E-state index in [-0.39, 0.29) is 47.2 Å². The van der Waals surface area contributed by atoms with Gasteiger partial charge in [-0.15, -0.1) is 0 Å². The number of benzene rings is 4. The fraction of sp³-hybridized carbons (Fsp3) is 0.343. The summed E-state index contributed by atoms with van der Waals surface area (Å²) < 4.78 is 0. The van der Waals surface area contributed by atoms with Crippen molar-refractivity contribution in [1.82, 2.24) is 0 Å². The smallest absolute Gasteiger partial charge is 0.166 e. The van der Waals surface area contributed by atoms with Gasteiger partial charge in [-0.3, -0.25) is 14.4 Å². The van der Waals surface area contributed by atoms with Gasteiger partial charge in [0, 0.05) is 22.9 Å². The number of carbonyl (C=O) groups excluding carboxylic acids is 3. The van der Waals surface area contributed by atoms with Gasteiger partial charge in [0.15, 0.2) is 18.4 Å².